The Kier molecular flexibility index (Phi) is 16.0. The molecule has 0 bridgehead atoms. The lowest BCUT2D eigenvalue weighted by Crippen LogP contribution is -2.50. The second-order valence-corrected chi connectivity index (χ2v) is 17.9. The molecule has 314 valence electrons. The van der Waals surface area contributed by atoms with Gasteiger partial charge in [-0.1, -0.05) is 111 Å². The van der Waals surface area contributed by atoms with E-state index in [1.54, 1.807) is 14.2 Å². The van der Waals surface area contributed by atoms with Gasteiger partial charge in [0.05, 0.1) is 49.8 Å². The third kappa shape index (κ3) is 10.2. The van der Waals surface area contributed by atoms with E-state index in [0.29, 0.717) is 37.7 Å². The van der Waals surface area contributed by atoms with Gasteiger partial charge in [-0.05, 0) is 37.1 Å². The van der Waals surface area contributed by atoms with E-state index in [1.807, 2.05) is 58.3 Å². The number of aromatic nitrogens is 4. The number of unbranched alkanes of at least 4 members (excludes halogenated alkanes) is 6. The molecule has 6 rings (SSSR count). The molecule has 0 spiro atoms. The van der Waals surface area contributed by atoms with Gasteiger partial charge in [0.1, 0.15) is 23.1 Å². The van der Waals surface area contributed by atoms with Crippen LogP contribution in [0.1, 0.15) is 102 Å². The first-order valence-corrected chi connectivity index (χ1v) is 23.6. The molecule has 0 fully saturated rings. The monoisotopic (exact) mass is 830 g/mol. The third-order valence-corrected chi connectivity index (χ3v) is 13.8. The summed E-state index contributed by atoms with van der Waals surface area (Å²) >= 11 is 0. The van der Waals surface area contributed by atoms with E-state index >= 15 is 0 Å². The summed E-state index contributed by atoms with van der Waals surface area (Å²) in [7, 11) is 6.36. The van der Waals surface area contributed by atoms with E-state index in [-0.39, 0.29) is 23.9 Å². The average Bonchev–Trinajstić information content (AvgIpc) is 3.90. The molecule has 4 atom stereocenters. The Morgan fingerprint density at radius 1 is 0.655 bits per heavy atom. The van der Waals surface area contributed by atoms with Crippen LogP contribution in [0.4, 0.5) is 0 Å². The van der Waals surface area contributed by atoms with Gasteiger partial charge in [-0.3, -0.25) is 9.59 Å². The van der Waals surface area contributed by atoms with Crippen molar-refractivity contribution >= 4 is 33.4 Å². The summed E-state index contributed by atoms with van der Waals surface area (Å²) in [5.41, 5.74) is 16.8. The zero-order valence-electron chi connectivity index (χ0n) is 34.7. The lowest BCUT2D eigenvalue weighted by atomic mass is 10.0. The highest BCUT2D eigenvalue weighted by molar-refractivity contribution is 8.76. The van der Waals surface area contributed by atoms with E-state index < -0.39 is 12.1 Å². The number of hydrogen-bond donors (Lipinski definition) is 2. The van der Waals surface area contributed by atoms with Crippen molar-refractivity contribution in [3.8, 4) is 34.0 Å². The van der Waals surface area contributed by atoms with E-state index in [0.717, 1.165) is 110 Å². The minimum Gasteiger partial charge on any atom is -0.496 e. The van der Waals surface area contributed by atoms with Gasteiger partial charge >= 0.3 is 0 Å². The van der Waals surface area contributed by atoms with E-state index in [9.17, 15) is 9.59 Å². The number of carbonyl (C=O) groups excluding carboxylic acids is 2. The largest absolute Gasteiger partial charge is 0.496 e. The van der Waals surface area contributed by atoms with E-state index in [2.05, 4.69) is 35.4 Å². The standard InChI is InChI=1S/C44H62N8O4S2/c1-5-7-9-11-19-37-41-47-35(31-17-13-15-21-39(31)55-3)27-49(41)23-25-51(37)43(53)33(45)29-57-58-30-34(46)44(54)52-26-24-50-28-36(32-18-14-16-22-40(32)56-4)48-42(50)38(52)20-12-10-8-6-2/h13-18,21-22,27-28,33-34,37-38H,5-12,19-20,23-26,29-30,45-46H2,1-4H3. The number of methoxy groups -OCH3 is 2. The Balaban J connectivity index is 1.07. The maximum Gasteiger partial charge on any atom is 0.241 e. The molecule has 12 nitrogen and oxygen atoms in total. The Labute approximate surface area is 352 Å². The fourth-order valence-electron chi connectivity index (χ4n) is 8.18. The van der Waals surface area contributed by atoms with Crippen molar-refractivity contribution in [3.63, 3.8) is 0 Å². The second-order valence-electron chi connectivity index (χ2n) is 15.3. The minimum atomic E-state index is -0.691. The molecule has 14 heteroatoms. The van der Waals surface area contributed by atoms with Gasteiger partial charge < -0.3 is 39.9 Å². The molecule has 0 saturated carbocycles. The summed E-state index contributed by atoms with van der Waals surface area (Å²) in [6.07, 6.45) is 14.7. The van der Waals surface area contributed by atoms with Gasteiger partial charge in [0, 0.05) is 61.2 Å². The number of nitrogens with zero attached hydrogens (tertiary/aromatic N) is 6. The predicted molar refractivity (Wildman–Crippen MR) is 236 cm³/mol. The molecule has 2 aromatic heterocycles. The highest BCUT2D eigenvalue weighted by Gasteiger charge is 2.37. The summed E-state index contributed by atoms with van der Waals surface area (Å²) in [4.78, 5) is 42.2. The molecule has 0 radical (unpaired) electrons. The summed E-state index contributed by atoms with van der Waals surface area (Å²) < 4.78 is 15.7. The number of rotatable bonds is 21. The summed E-state index contributed by atoms with van der Waals surface area (Å²) in [5, 5.41) is 0. The molecule has 2 amide bonds. The molecule has 2 aliphatic rings. The predicted octanol–water partition coefficient (Wildman–Crippen LogP) is 7.87. The van der Waals surface area contributed by atoms with Crippen LogP contribution < -0.4 is 20.9 Å². The first-order valence-electron chi connectivity index (χ1n) is 21.1. The van der Waals surface area contributed by atoms with Crippen molar-refractivity contribution < 1.29 is 19.1 Å². The number of carbonyl (C=O) groups is 2. The molecule has 4 unspecified atom stereocenters. The molecule has 4 N–H and O–H groups in total. The van der Waals surface area contributed by atoms with Crippen LogP contribution in [0.15, 0.2) is 60.9 Å². The lowest BCUT2D eigenvalue weighted by Gasteiger charge is -2.37. The Morgan fingerprint density at radius 3 is 1.47 bits per heavy atom. The SMILES string of the molecule is CCCCCCC1c2nc(-c3ccccc3OC)cn2CCN1C(=O)C(N)CSSCC(N)C(=O)N1CCn2cc(-c3ccccc3OC)nc2C1CCCCCC. The number of nitrogens with two attached hydrogens (primary N) is 2. The van der Waals surface area contributed by atoms with Crippen LogP contribution in [-0.2, 0) is 22.7 Å². The van der Waals surface area contributed by atoms with Crippen LogP contribution in [0.3, 0.4) is 0 Å². The number of hydrogen-bond acceptors (Lipinski definition) is 10. The van der Waals surface area contributed by atoms with Crippen molar-refractivity contribution in [1.29, 1.82) is 0 Å². The van der Waals surface area contributed by atoms with E-state index in [1.165, 1.54) is 21.6 Å². The van der Waals surface area contributed by atoms with Gasteiger partial charge in [-0.25, -0.2) is 9.97 Å². The van der Waals surface area contributed by atoms with Crippen LogP contribution in [0.2, 0.25) is 0 Å². The normalized spacial score (nSPS) is 17.4. The maximum absolute atomic E-state index is 14.0. The van der Waals surface area contributed by atoms with Crippen molar-refractivity contribution in [2.24, 2.45) is 11.5 Å². The average molecular weight is 831 g/mol. The Hall–Kier alpha value is -3.98. The Bertz CT molecular complexity index is 1810. The highest BCUT2D eigenvalue weighted by Crippen LogP contribution is 2.38. The van der Waals surface area contributed by atoms with Crippen molar-refractivity contribution in [2.75, 3.05) is 38.8 Å². The van der Waals surface area contributed by atoms with Crippen LogP contribution >= 0.6 is 21.6 Å². The smallest absolute Gasteiger partial charge is 0.241 e. The molecule has 58 heavy (non-hydrogen) atoms. The lowest BCUT2D eigenvalue weighted by molar-refractivity contribution is -0.136. The molecular formula is C44H62N8O4S2. The fourth-order valence-corrected chi connectivity index (χ4v) is 10.4. The van der Waals surface area contributed by atoms with Gasteiger partial charge in [-0.15, -0.1) is 0 Å². The molecular weight excluding hydrogens is 769 g/mol. The van der Waals surface area contributed by atoms with Gasteiger partial charge in [0.15, 0.2) is 0 Å². The zero-order chi connectivity index (χ0) is 41.0. The van der Waals surface area contributed by atoms with Crippen molar-refractivity contribution in [1.82, 2.24) is 28.9 Å². The summed E-state index contributed by atoms with van der Waals surface area (Å²) in [5.74, 6) is 4.04. The number of fused-ring (bicyclic) bond motifs is 2. The van der Waals surface area contributed by atoms with Crippen molar-refractivity contribution in [2.45, 2.75) is 115 Å². The Morgan fingerprint density at radius 2 is 1.07 bits per heavy atom. The van der Waals surface area contributed by atoms with Gasteiger partial charge in [0.25, 0.3) is 0 Å². The van der Waals surface area contributed by atoms with Gasteiger partial charge in [-0.2, -0.15) is 0 Å². The van der Waals surface area contributed by atoms with E-state index in [4.69, 9.17) is 30.9 Å². The molecule has 4 heterocycles. The fraction of sp³-hybridized carbons (Fsp3) is 0.545. The summed E-state index contributed by atoms with van der Waals surface area (Å²) in [6.45, 7) is 6.86. The quantitative estimate of drug-likeness (QED) is 0.0628. The molecule has 4 aromatic rings. The molecule has 0 saturated heterocycles. The number of ether oxygens (including phenoxy) is 2. The number of amides is 2. The second kappa shape index (κ2) is 21.3. The number of benzene rings is 2. The highest BCUT2D eigenvalue weighted by atomic mass is 33.1. The number of imidazole rings is 2. The van der Waals surface area contributed by atoms with Gasteiger partial charge in [0.2, 0.25) is 11.8 Å². The zero-order valence-corrected chi connectivity index (χ0v) is 36.3. The van der Waals surface area contributed by atoms with Crippen molar-refractivity contribution in [3.05, 3.63) is 72.6 Å². The molecule has 2 aromatic carbocycles. The first kappa shape index (κ1) is 43.6. The number of para-hydroxylation sites is 2. The van der Waals surface area contributed by atoms with Crippen LogP contribution in [0.5, 0.6) is 11.5 Å². The summed E-state index contributed by atoms with van der Waals surface area (Å²) in [6, 6.07) is 14.1. The molecule has 2 aliphatic heterocycles. The minimum absolute atomic E-state index is 0.0655. The first-order chi connectivity index (χ1) is 28.3. The van der Waals surface area contributed by atoms with Crippen LogP contribution in [0.25, 0.3) is 22.5 Å². The topological polar surface area (TPSA) is 147 Å². The third-order valence-electron chi connectivity index (χ3n) is 11.3. The van der Waals surface area contributed by atoms with Crippen LogP contribution in [-0.4, -0.2) is 91.6 Å². The molecule has 0 aliphatic carbocycles. The van der Waals surface area contributed by atoms with Crippen LogP contribution in [0, 0.1) is 0 Å². The maximum atomic E-state index is 14.0.